The Morgan fingerprint density at radius 3 is 1.56 bits per heavy atom. The van der Waals surface area contributed by atoms with E-state index in [4.69, 9.17) is 9.47 Å². The molecular weight excluding hydrogens is 131 g/mol. The van der Waals surface area contributed by atoms with Crippen LogP contribution in [0.5, 0.6) is 0 Å². The van der Waals surface area contributed by atoms with E-state index in [1.807, 2.05) is 0 Å². The molecule has 0 aliphatic heterocycles. The summed E-state index contributed by atoms with van der Waals surface area (Å²) >= 11 is 0.275. The Bertz CT molecular complexity index is 60.1. The van der Waals surface area contributed by atoms with Crippen LogP contribution in [0.3, 0.4) is 0 Å². The van der Waals surface area contributed by atoms with Crippen molar-refractivity contribution in [1.82, 2.24) is 0 Å². The Balaban J connectivity index is 3.22. The molecule has 0 aromatic rings. The van der Waals surface area contributed by atoms with Crippen LogP contribution in [-0.4, -0.2) is 39.4 Å². The van der Waals surface area contributed by atoms with Crippen molar-refractivity contribution in [2.75, 3.05) is 14.2 Å². The molecule has 52 valence electrons. The maximum atomic E-state index is 5.08. The van der Waals surface area contributed by atoms with Gasteiger partial charge >= 0.3 is 62.7 Å². The van der Waals surface area contributed by atoms with Crippen LogP contribution in [0.15, 0.2) is 0 Å². The fourth-order valence-electron chi connectivity index (χ4n) is 0.539. The molecule has 0 saturated carbocycles. The molecule has 0 radical (unpaired) electrons. The van der Waals surface area contributed by atoms with Crippen LogP contribution in [-0.2, 0) is 9.47 Å². The number of methoxy groups -OCH3 is 2. The van der Waals surface area contributed by atoms with Crippen molar-refractivity contribution in [2.45, 2.75) is 23.8 Å². The summed E-state index contributed by atoms with van der Waals surface area (Å²) < 4.78 is 10.2. The van der Waals surface area contributed by atoms with Crippen molar-refractivity contribution in [1.29, 1.82) is 0 Å². The van der Waals surface area contributed by atoms with Crippen LogP contribution in [0.2, 0.25) is 0 Å². The standard InChI is InChI=1S/2C3H7O.Al/c2*1-3-4-2;/h2*3H,1-2H3;/q;;+1. The summed E-state index contributed by atoms with van der Waals surface area (Å²) in [5, 5.41) is 0. The van der Waals surface area contributed by atoms with Gasteiger partial charge in [-0.2, -0.15) is 0 Å². The molecule has 3 heteroatoms. The zero-order chi connectivity index (χ0) is 7.28. The van der Waals surface area contributed by atoms with Crippen molar-refractivity contribution < 1.29 is 9.47 Å². The Morgan fingerprint density at radius 2 is 1.33 bits per heavy atom. The summed E-state index contributed by atoms with van der Waals surface area (Å²) in [5.74, 6) is 0. The van der Waals surface area contributed by atoms with E-state index in [1.54, 1.807) is 14.2 Å². The first kappa shape index (κ1) is 9.45. The third kappa shape index (κ3) is 4.93. The van der Waals surface area contributed by atoms with Gasteiger partial charge < -0.3 is 0 Å². The minimum atomic E-state index is 0.275. The average Bonchev–Trinajstić information content (AvgIpc) is 1.87. The van der Waals surface area contributed by atoms with Crippen molar-refractivity contribution in [2.24, 2.45) is 0 Å². The predicted octanol–water partition coefficient (Wildman–Crippen LogP) is 0.675. The first-order valence-electron chi connectivity index (χ1n) is 3.11. The molecule has 2 unspecified atom stereocenters. The summed E-state index contributed by atoms with van der Waals surface area (Å²) in [4.78, 5) is 0.778. The number of ether oxygens (including phenoxy) is 2. The molecule has 0 aromatic carbocycles. The zero-order valence-electron chi connectivity index (χ0n) is 6.55. The monoisotopic (exact) mass is 145 g/mol. The second-order valence-electron chi connectivity index (χ2n) is 2.07. The predicted molar refractivity (Wildman–Crippen MR) is 38.7 cm³/mol. The van der Waals surface area contributed by atoms with Crippen molar-refractivity contribution in [3.63, 3.8) is 0 Å². The molecule has 0 aliphatic carbocycles. The van der Waals surface area contributed by atoms with Gasteiger partial charge in [0.05, 0.1) is 0 Å². The summed E-state index contributed by atoms with van der Waals surface area (Å²) in [6.07, 6.45) is 0. The van der Waals surface area contributed by atoms with Gasteiger partial charge in [0.2, 0.25) is 0 Å². The fraction of sp³-hybridized carbons (Fsp3) is 1.00. The van der Waals surface area contributed by atoms with Gasteiger partial charge in [-0.05, 0) is 0 Å². The fourth-order valence-corrected chi connectivity index (χ4v) is 1.62. The molecule has 0 amide bonds. The van der Waals surface area contributed by atoms with Crippen LogP contribution in [0.1, 0.15) is 13.8 Å². The van der Waals surface area contributed by atoms with E-state index < -0.39 is 0 Å². The van der Waals surface area contributed by atoms with E-state index in [0.29, 0.717) is 9.93 Å². The van der Waals surface area contributed by atoms with E-state index in [0.717, 1.165) is 0 Å². The number of hydrogen-bond donors (Lipinski definition) is 0. The molecule has 0 rings (SSSR count). The van der Waals surface area contributed by atoms with Gasteiger partial charge in [0.15, 0.2) is 0 Å². The molecule has 0 aliphatic rings. The third-order valence-electron chi connectivity index (χ3n) is 1.29. The molecule has 0 bridgehead atoms. The normalized spacial score (nSPS) is 16.4. The quantitative estimate of drug-likeness (QED) is 0.541. The van der Waals surface area contributed by atoms with Gasteiger partial charge in [0, 0.05) is 0 Å². The molecule has 2 atom stereocenters. The van der Waals surface area contributed by atoms with Crippen LogP contribution >= 0.6 is 0 Å². The van der Waals surface area contributed by atoms with E-state index in [1.165, 1.54) is 0 Å². The topological polar surface area (TPSA) is 18.5 Å². The Labute approximate surface area is 63.2 Å². The summed E-state index contributed by atoms with van der Waals surface area (Å²) in [7, 11) is 3.47. The van der Waals surface area contributed by atoms with E-state index in [2.05, 4.69) is 13.8 Å². The summed E-state index contributed by atoms with van der Waals surface area (Å²) in [6, 6.07) is 0. The van der Waals surface area contributed by atoms with Gasteiger partial charge in [-0.3, -0.25) is 0 Å². The second-order valence-corrected chi connectivity index (χ2v) is 4.34. The SMILES string of the molecule is CO[CH](C)[Al+][CH](C)OC. The second kappa shape index (κ2) is 5.25. The van der Waals surface area contributed by atoms with Crippen molar-refractivity contribution in [3.8, 4) is 0 Å². The van der Waals surface area contributed by atoms with Gasteiger partial charge in [-0.25, -0.2) is 0 Å². The molecule has 0 N–H and O–H groups in total. The van der Waals surface area contributed by atoms with Crippen LogP contribution < -0.4 is 0 Å². The molecular formula is C6H14AlO2+. The van der Waals surface area contributed by atoms with Crippen molar-refractivity contribution in [3.05, 3.63) is 0 Å². The molecule has 9 heavy (non-hydrogen) atoms. The van der Waals surface area contributed by atoms with Crippen molar-refractivity contribution >= 4 is 15.2 Å². The van der Waals surface area contributed by atoms with Gasteiger partial charge in [-0.15, -0.1) is 0 Å². The third-order valence-corrected chi connectivity index (χ3v) is 2.91. The molecule has 0 aromatic heterocycles. The van der Waals surface area contributed by atoms with E-state index >= 15 is 0 Å². The Morgan fingerprint density at radius 1 is 1.00 bits per heavy atom. The van der Waals surface area contributed by atoms with Gasteiger partial charge in [0.25, 0.3) is 0 Å². The van der Waals surface area contributed by atoms with E-state index in [-0.39, 0.29) is 15.2 Å². The first-order chi connectivity index (χ1) is 4.20. The first-order valence-corrected chi connectivity index (χ1v) is 4.44. The molecule has 0 heterocycles. The van der Waals surface area contributed by atoms with Crippen LogP contribution in [0, 0.1) is 0 Å². The maximum absolute atomic E-state index is 5.08. The summed E-state index contributed by atoms with van der Waals surface area (Å²) in [6.45, 7) is 4.15. The molecule has 0 fully saturated rings. The Kier molecular flexibility index (Phi) is 5.52. The van der Waals surface area contributed by atoms with Crippen LogP contribution in [0.25, 0.3) is 0 Å². The Hall–Kier alpha value is 0.452. The van der Waals surface area contributed by atoms with Gasteiger partial charge in [0.1, 0.15) is 0 Å². The number of hydrogen-bond acceptors (Lipinski definition) is 2. The van der Waals surface area contributed by atoms with Crippen LogP contribution in [0.4, 0.5) is 0 Å². The minimum absolute atomic E-state index is 0.275. The molecule has 0 saturated heterocycles. The molecule has 0 spiro atoms. The molecule has 2 nitrogen and oxygen atoms in total. The van der Waals surface area contributed by atoms with E-state index in [9.17, 15) is 0 Å². The zero-order valence-corrected chi connectivity index (χ0v) is 7.70. The summed E-state index contributed by atoms with van der Waals surface area (Å²) in [5.41, 5.74) is 0. The average molecular weight is 145 g/mol. The number of rotatable bonds is 4. The van der Waals surface area contributed by atoms with Gasteiger partial charge in [-0.1, -0.05) is 0 Å².